The van der Waals surface area contributed by atoms with Gasteiger partial charge in [0, 0.05) is 23.8 Å². The molecule has 0 bridgehead atoms. The first-order valence-electron chi connectivity index (χ1n) is 9.98. The molecule has 0 aromatic heterocycles. The van der Waals surface area contributed by atoms with E-state index in [9.17, 15) is 19.5 Å². The Hall–Kier alpha value is -2.37. The molecule has 2 amide bonds. The number of rotatable bonds is 5. The van der Waals surface area contributed by atoms with Crippen molar-refractivity contribution in [2.24, 2.45) is 11.8 Å². The van der Waals surface area contributed by atoms with Gasteiger partial charge in [0.1, 0.15) is 0 Å². The highest BCUT2D eigenvalue weighted by Crippen LogP contribution is 2.31. The highest BCUT2D eigenvalue weighted by Gasteiger charge is 2.32. The van der Waals surface area contributed by atoms with Crippen LogP contribution in [0.5, 0.6) is 0 Å². The summed E-state index contributed by atoms with van der Waals surface area (Å²) in [5.41, 5.74) is 0.843. The number of carbonyl (C=O) groups is 3. The fraction of sp³-hybridized carbons (Fsp3) is 0.571. The van der Waals surface area contributed by atoms with Crippen LogP contribution in [-0.4, -0.2) is 23.8 Å². The molecule has 0 unspecified atom stereocenters. The van der Waals surface area contributed by atoms with E-state index in [1.54, 1.807) is 24.3 Å². The number of carboxylic acids is 1. The monoisotopic (exact) mass is 371 g/mol. The molecular weight excluding hydrogens is 344 g/mol. The molecule has 6 nitrogen and oxygen atoms in total. The standard InChI is InChI=1S/C21H28N2O4/c24-19(15-10-4-5-11-16(15)21(26)27)23-18-13-7-6-12-17(18)20(25)22-14-8-2-1-3-9-14/h6-7,12-16H,1-5,8-11H2,(H,22,25)(H,23,24)(H,26,27)/p-1/t15-,16+/m1/s1. The molecule has 1 aromatic rings. The van der Waals surface area contributed by atoms with Crippen molar-refractivity contribution in [3.8, 4) is 0 Å². The third-order valence-electron chi connectivity index (χ3n) is 5.78. The molecule has 2 atom stereocenters. The van der Waals surface area contributed by atoms with Gasteiger partial charge < -0.3 is 20.5 Å². The number of anilines is 1. The summed E-state index contributed by atoms with van der Waals surface area (Å²) in [6, 6.07) is 7.06. The van der Waals surface area contributed by atoms with Gasteiger partial charge in [0.25, 0.3) is 5.91 Å². The van der Waals surface area contributed by atoms with E-state index in [-0.39, 0.29) is 17.9 Å². The Morgan fingerprint density at radius 2 is 1.48 bits per heavy atom. The molecule has 146 valence electrons. The molecule has 2 N–H and O–H groups in total. The van der Waals surface area contributed by atoms with Crippen LogP contribution in [0.25, 0.3) is 0 Å². The Morgan fingerprint density at radius 1 is 0.852 bits per heavy atom. The number of carbonyl (C=O) groups excluding carboxylic acids is 3. The molecule has 2 aliphatic carbocycles. The van der Waals surface area contributed by atoms with Crippen LogP contribution in [0, 0.1) is 11.8 Å². The van der Waals surface area contributed by atoms with Crippen molar-refractivity contribution in [3.05, 3.63) is 29.8 Å². The number of hydrogen-bond donors (Lipinski definition) is 2. The number of aliphatic carboxylic acids is 1. The topological polar surface area (TPSA) is 98.3 Å². The van der Waals surface area contributed by atoms with E-state index in [0.717, 1.165) is 38.5 Å². The molecule has 0 saturated heterocycles. The first-order valence-corrected chi connectivity index (χ1v) is 9.98. The SMILES string of the molecule is O=C(NC1CCCCC1)c1ccccc1NC(=O)[C@@H]1CCCC[C@@H]1C(=O)[O-]. The molecule has 0 heterocycles. The number of carboxylic acid groups (broad SMARTS) is 1. The summed E-state index contributed by atoms with van der Waals surface area (Å²) < 4.78 is 0. The van der Waals surface area contributed by atoms with E-state index < -0.39 is 17.8 Å². The Bertz CT molecular complexity index is 697. The van der Waals surface area contributed by atoms with Gasteiger partial charge in [0.2, 0.25) is 5.91 Å². The van der Waals surface area contributed by atoms with E-state index in [4.69, 9.17) is 0 Å². The highest BCUT2D eigenvalue weighted by atomic mass is 16.4. The lowest BCUT2D eigenvalue weighted by Crippen LogP contribution is -2.42. The molecule has 1 aromatic carbocycles. The highest BCUT2D eigenvalue weighted by molar-refractivity contribution is 6.04. The lowest BCUT2D eigenvalue weighted by molar-refractivity contribution is -0.313. The Labute approximate surface area is 159 Å². The second-order valence-electron chi connectivity index (χ2n) is 7.66. The maximum absolute atomic E-state index is 12.7. The average molecular weight is 371 g/mol. The average Bonchev–Trinajstić information content (AvgIpc) is 2.69. The second-order valence-corrected chi connectivity index (χ2v) is 7.66. The van der Waals surface area contributed by atoms with Crippen molar-refractivity contribution in [2.45, 2.75) is 63.8 Å². The van der Waals surface area contributed by atoms with E-state index >= 15 is 0 Å². The number of benzene rings is 1. The number of para-hydroxylation sites is 1. The predicted octanol–water partition coefficient (Wildman–Crippen LogP) is 2.24. The molecule has 0 radical (unpaired) electrons. The second kappa shape index (κ2) is 9.02. The zero-order valence-electron chi connectivity index (χ0n) is 15.5. The van der Waals surface area contributed by atoms with Crippen molar-refractivity contribution in [2.75, 3.05) is 5.32 Å². The van der Waals surface area contributed by atoms with Crippen molar-refractivity contribution in [3.63, 3.8) is 0 Å². The lowest BCUT2D eigenvalue weighted by Gasteiger charge is -2.31. The van der Waals surface area contributed by atoms with Crippen LogP contribution >= 0.6 is 0 Å². The fourth-order valence-corrected chi connectivity index (χ4v) is 4.25. The quantitative estimate of drug-likeness (QED) is 0.829. The van der Waals surface area contributed by atoms with Gasteiger partial charge in [-0.3, -0.25) is 9.59 Å². The molecule has 2 fully saturated rings. The van der Waals surface area contributed by atoms with E-state index in [1.165, 1.54) is 6.42 Å². The molecule has 3 rings (SSSR count). The largest absolute Gasteiger partial charge is 0.550 e. The number of nitrogens with one attached hydrogen (secondary N) is 2. The molecule has 6 heteroatoms. The molecule has 0 spiro atoms. The fourth-order valence-electron chi connectivity index (χ4n) is 4.25. The first kappa shape index (κ1) is 19.4. The number of hydrogen-bond acceptors (Lipinski definition) is 4. The summed E-state index contributed by atoms with van der Waals surface area (Å²) in [5.74, 6) is -3.09. The van der Waals surface area contributed by atoms with Crippen molar-refractivity contribution >= 4 is 23.5 Å². The van der Waals surface area contributed by atoms with Gasteiger partial charge in [-0.2, -0.15) is 0 Å². The van der Waals surface area contributed by atoms with E-state index in [2.05, 4.69) is 10.6 Å². The van der Waals surface area contributed by atoms with Gasteiger partial charge in [-0.1, -0.05) is 44.2 Å². The molecule has 0 aliphatic heterocycles. The number of amides is 2. The van der Waals surface area contributed by atoms with Crippen molar-refractivity contribution in [1.82, 2.24) is 5.32 Å². The van der Waals surface area contributed by atoms with Crippen LogP contribution in [-0.2, 0) is 9.59 Å². The van der Waals surface area contributed by atoms with Crippen LogP contribution in [0.15, 0.2) is 24.3 Å². The Kier molecular flexibility index (Phi) is 6.48. The molecule has 2 aliphatic rings. The minimum atomic E-state index is -1.17. The van der Waals surface area contributed by atoms with Crippen LogP contribution in [0.2, 0.25) is 0 Å². The maximum atomic E-state index is 12.7. The predicted molar refractivity (Wildman–Crippen MR) is 99.9 cm³/mol. The van der Waals surface area contributed by atoms with Crippen LogP contribution in [0.3, 0.4) is 0 Å². The summed E-state index contributed by atoms with van der Waals surface area (Å²) in [6.45, 7) is 0. The minimum Gasteiger partial charge on any atom is -0.550 e. The van der Waals surface area contributed by atoms with Gasteiger partial charge in [0.15, 0.2) is 0 Å². The van der Waals surface area contributed by atoms with Crippen LogP contribution < -0.4 is 15.7 Å². The van der Waals surface area contributed by atoms with Gasteiger partial charge in [0.05, 0.1) is 11.3 Å². The smallest absolute Gasteiger partial charge is 0.253 e. The third kappa shape index (κ3) is 4.87. The third-order valence-corrected chi connectivity index (χ3v) is 5.78. The zero-order chi connectivity index (χ0) is 19.2. The van der Waals surface area contributed by atoms with E-state index in [1.807, 2.05) is 0 Å². The summed E-state index contributed by atoms with van der Waals surface area (Å²) in [4.78, 5) is 36.8. The van der Waals surface area contributed by atoms with Crippen molar-refractivity contribution in [1.29, 1.82) is 0 Å². The summed E-state index contributed by atoms with van der Waals surface area (Å²) in [7, 11) is 0. The summed E-state index contributed by atoms with van der Waals surface area (Å²) in [5, 5.41) is 17.2. The minimum absolute atomic E-state index is 0.177. The summed E-state index contributed by atoms with van der Waals surface area (Å²) in [6.07, 6.45) is 8.02. The summed E-state index contributed by atoms with van der Waals surface area (Å²) >= 11 is 0. The van der Waals surface area contributed by atoms with Gasteiger partial charge >= 0.3 is 0 Å². The van der Waals surface area contributed by atoms with Gasteiger partial charge in [-0.25, -0.2) is 0 Å². The van der Waals surface area contributed by atoms with Gasteiger partial charge in [-0.15, -0.1) is 0 Å². The molecular formula is C21H27N2O4-. The first-order chi connectivity index (χ1) is 13.1. The van der Waals surface area contributed by atoms with Crippen LogP contribution in [0.1, 0.15) is 68.1 Å². The van der Waals surface area contributed by atoms with Gasteiger partial charge in [-0.05, 0) is 37.8 Å². The normalized spacial score (nSPS) is 23.4. The maximum Gasteiger partial charge on any atom is 0.253 e. The molecule has 2 saturated carbocycles. The Balaban J connectivity index is 1.70. The van der Waals surface area contributed by atoms with Crippen molar-refractivity contribution < 1.29 is 19.5 Å². The molecule has 27 heavy (non-hydrogen) atoms. The Morgan fingerprint density at radius 3 is 2.19 bits per heavy atom. The zero-order valence-corrected chi connectivity index (χ0v) is 15.5. The van der Waals surface area contributed by atoms with Crippen LogP contribution in [0.4, 0.5) is 5.69 Å². The van der Waals surface area contributed by atoms with E-state index in [0.29, 0.717) is 24.1 Å². The lowest BCUT2D eigenvalue weighted by atomic mass is 9.78.